The lowest BCUT2D eigenvalue weighted by Gasteiger charge is -2.35. The van der Waals surface area contributed by atoms with Gasteiger partial charge in [0.15, 0.2) is 5.76 Å². The molecule has 0 saturated carbocycles. The van der Waals surface area contributed by atoms with Gasteiger partial charge in [-0.15, -0.1) is 0 Å². The highest BCUT2D eigenvalue weighted by molar-refractivity contribution is 5.91. The van der Waals surface area contributed by atoms with E-state index in [1.807, 2.05) is 36.9 Å². The number of aromatic nitrogens is 2. The van der Waals surface area contributed by atoms with E-state index in [0.29, 0.717) is 51.0 Å². The molecule has 1 aromatic carbocycles. The Bertz CT molecular complexity index is 1230. The van der Waals surface area contributed by atoms with Gasteiger partial charge in [0.25, 0.3) is 5.91 Å². The quantitative estimate of drug-likeness (QED) is 0.539. The molecule has 0 N–H and O–H groups in total. The first-order valence-corrected chi connectivity index (χ1v) is 12.8. The summed E-state index contributed by atoms with van der Waals surface area (Å²) < 4.78 is 10.9. The summed E-state index contributed by atoms with van der Waals surface area (Å²) in [4.78, 5) is 41.6. The zero-order valence-electron chi connectivity index (χ0n) is 21.0. The molecule has 9 nitrogen and oxygen atoms in total. The number of hydrogen-bond acceptors (Lipinski definition) is 7. The maximum Gasteiger partial charge on any atom is 0.289 e. The van der Waals surface area contributed by atoms with Crippen molar-refractivity contribution in [2.45, 2.75) is 33.1 Å². The molecular formula is C27H33N5O4. The molecule has 9 heteroatoms. The minimum absolute atomic E-state index is 0.106. The second-order valence-corrected chi connectivity index (χ2v) is 9.45. The van der Waals surface area contributed by atoms with Gasteiger partial charge in [0.1, 0.15) is 5.75 Å². The van der Waals surface area contributed by atoms with E-state index in [4.69, 9.17) is 19.1 Å². The van der Waals surface area contributed by atoms with Gasteiger partial charge >= 0.3 is 0 Å². The first-order chi connectivity index (χ1) is 17.5. The number of rotatable bonds is 5. The second-order valence-electron chi connectivity index (χ2n) is 9.45. The lowest BCUT2D eigenvalue weighted by molar-refractivity contribution is -0.135. The van der Waals surface area contributed by atoms with Crippen molar-refractivity contribution in [3.8, 4) is 5.75 Å². The van der Waals surface area contributed by atoms with Gasteiger partial charge in [-0.05, 0) is 63.4 Å². The monoisotopic (exact) mass is 491 g/mol. The maximum atomic E-state index is 13.5. The summed E-state index contributed by atoms with van der Waals surface area (Å²) >= 11 is 0. The summed E-state index contributed by atoms with van der Waals surface area (Å²) in [6.07, 6.45) is 4.03. The average Bonchev–Trinajstić information content (AvgIpc) is 3.33. The first-order valence-electron chi connectivity index (χ1n) is 12.8. The molecule has 0 spiro atoms. The van der Waals surface area contributed by atoms with Crippen LogP contribution in [0.25, 0.3) is 10.9 Å². The Morgan fingerprint density at radius 1 is 1.06 bits per heavy atom. The number of piperidine rings is 1. The fourth-order valence-corrected chi connectivity index (χ4v) is 5.16. The van der Waals surface area contributed by atoms with Crippen molar-refractivity contribution in [3.05, 3.63) is 48.0 Å². The number of anilines is 1. The molecule has 0 unspecified atom stereocenters. The van der Waals surface area contributed by atoms with Crippen molar-refractivity contribution in [2.75, 3.05) is 50.8 Å². The minimum Gasteiger partial charge on any atom is -0.494 e. The van der Waals surface area contributed by atoms with Crippen LogP contribution in [-0.2, 0) is 4.79 Å². The summed E-state index contributed by atoms with van der Waals surface area (Å²) in [7, 11) is 0. The average molecular weight is 492 g/mol. The van der Waals surface area contributed by atoms with Crippen LogP contribution in [0.15, 0.2) is 41.0 Å². The highest BCUT2D eigenvalue weighted by Gasteiger charge is 2.32. The third-order valence-corrected chi connectivity index (χ3v) is 7.04. The Morgan fingerprint density at radius 3 is 2.69 bits per heavy atom. The van der Waals surface area contributed by atoms with Crippen molar-refractivity contribution in [1.29, 1.82) is 0 Å². The minimum atomic E-state index is -0.115. The van der Waals surface area contributed by atoms with Gasteiger partial charge in [-0.2, -0.15) is 0 Å². The zero-order chi connectivity index (χ0) is 25.1. The molecule has 0 bridgehead atoms. The molecule has 36 heavy (non-hydrogen) atoms. The fraction of sp³-hybridized carbons (Fsp3) is 0.481. The topological polar surface area (TPSA) is 92.0 Å². The molecule has 0 radical (unpaired) electrons. The van der Waals surface area contributed by atoms with Crippen LogP contribution in [0.2, 0.25) is 0 Å². The van der Waals surface area contributed by atoms with Crippen LogP contribution in [0.5, 0.6) is 5.75 Å². The number of carbonyl (C=O) groups is 2. The number of ether oxygens (including phenoxy) is 1. The van der Waals surface area contributed by atoms with Crippen molar-refractivity contribution >= 4 is 28.7 Å². The van der Waals surface area contributed by atoms with Gasteiger partial charge in [0, 0.05) is 44.7 Å². The zero-order valence-corrected chi connectivity index (χ0v) is 21.0. The lowest BCUT2D eigenvalue weighted by Crippen LogP contribution is -2.46. The van der Waals surface area contributed by atoms with Crippen molar-refractivity contribution in [2.24, 2.45) is 5.92 Å². The number of hydrogen-bond donors (Lipinski definition) is 0. The van der Waals surface area contributed by atoms with E-state index in [2.05, 4.69) is 4.90 Å². The first kappa shape index (κ1) is 24.1. The largest absolute Gasteiger partial charge is 0.494 e. The van der Waals surface area contributed by atoms with Crippen LogP contribution in [0.1, 0.15) is 42.4 Å². The Hall–Kier alpha value is -3.62. The van der Waals surface area contributed by atoms with E-state index in [0.717, 1.165) is 48.2 Å². The van der Waals surface area contributed by atoms with Gasteiger partial charge in [-0.25, -0.2) is 9.97 Å². The van der Waals surface area contributed by atoms with E-state index in [1.54, 1.807) is 17.0 Å². The van der Waals surface area contributed by atoms with Crippen LogP contribution in [0, 0.1) is 12.8 Å². The standard InChI is InChI=1S/C27H33N5O4/c1-3-35-21-9-10-23-22(17-21)19(2)28-27(29-23)32-11-4-7-20(18-32)25(33)30-12-6-13-31(15-14-30)26(34)24-8-5-16-36-24/h5,8-10,16-17,20H,3-4,6-7,11-15,18H2,1-2H3/t20-/m1/s1. The number of fused-ring (bicyclic) bond motifs is 1. The number of nitrogens with zero attached hydrogens (tertiary/aromatic N) is 5. The van der Waals surface area contributed by atoms with Crippen LogP contribution in [0.4, 0.5) is 5.95 Å². The van der Waals surface area contributed by atoms with Crippen LogP contribution in [0.3, 0.4) is 0 Å². The van der Waals surface area contributed by atoms with Gasteiger partial charge in [-0.3, -0.25) is 9.59 Å². The molecule has 4 heterocycles. The molecule has 2 aromatic heterocycles. The Kier molecular flexibility index (Phi) is 7.06. The SMILES string of the molecule is CCOc1ccc2nc(N3CCC[C@@H](C(=O)N4CCCN(C(=O)c5ccco5)CC4)C3)nc(C)c2c1. The van der Waals surface area contributed by atoms with Gasteiger partial charge < -0.3 is 23.9 Å². The molecule has 2 fully saturated rings. The molecule has 1 atom stereocenters. The van der Waals surface area contributed by atoms with Crippen molar-refractivity contribution in [3.63, 3.8) is 0 Å². The van der Waals surface area contributed by atoms with Gasteiger partial charge in [-0.1, -0.05) is 0 Å². The summed E-state index contributed by atoms with van der Waals surface area (Å²) in [5.41, 5.74) is 1.78. The number of carbonyl (C=O) groups excluding carboxylic acids is 2. The molecule has 190 valence electrons. The van der Waals surface area contributed by atoms with E-state index in [-0.39, 0.29) is 17.7 Å². The van der Waals surface area contributed by atoms with E-state index >= 15 is 0 Å². The highest BCUT2D eigenvalue weighted by Crippen LogP contribution is 2.27. The number of amides is 2. The maximum absolute atomic E-state index is 13.5. The molecule has 5 rings (SSSR count). The molecule has 2 amide bonds. The molecule has 0 aliphatic carbocycles. The summed E-state index contributed by atoms with van der Waals surface area (Å²) in [6.45, 7) is 8.33. The third-order valence-electron chi connectivity index (χ3n) is 7.04. The van der Waals surface area contributed by atoms with Crippen LogP contribution < -0.4 is 9.64 Å². The van der Waals surface area contributed by atoms with E-state index in [1.165, 1.54) is 6.26 Å². The molecule has 2 aliphatic rings. The Balaban J connectivity index is 1.25. The number of aryl methyl sites for hydroxylation is 1. The van der Waals surface area contributed by atoms with Gasteiger partial charge in [0.05, 0.1) is 30.0 Å². The molecule has 2 aliphatic heterocycles. The summed E-state index contributed by atoms with van der Waals surface area (Å²) in [6, 6.07) is 9.29. The second kappa shape index (κ2) is 10.6. The molecule has 3 aromatic rings. The van der Waals surface area contributed by atoms with Crippen molar-refractivity contribution < 1.29 is 18.7 Å². The Labute approximate surface area is 211 Å². The van der Waals surface area contributed by atoms with Crippen LogP contribution >= 0.6 is 0 Å². The van der Waals surface area contributed by atoms with Crippen LogP contribution in [-0.4, -0.2) is 77.5 Å². The normalized spacial score (nSPS) is 18.8. The molecule has 2 saturated heterocycles. The molecular weight excluding hydrogens is 458 g/mol. The fourth-order valence-electron chi connectivity index (χ4n) is 5.16. The van der Waals surface area contributed by atoms with E-state index in [9.17, 15) is 9.59 Å². The predicted octanol–water partition coefficient (Wildman–Crippen LogP) is 3.52. The number of furan rings is 1. The van der Waals surface area contributed by atoms with Crippen molar-refractivity contribution in [1.82, 2.24) is 19.8 Å². The predicted molar refractivity (Wildman–Crippen MR) is 136 cm³/mol. The summed E-state index contributed by atoms with van der Waals surface area (Å²) in [5, 5.41) is 0.979. The lowest BCUT2D eigenvalue weighted by atomic mass is 9.96. The third kappa shape index (κ3) is 5.01. The van der Waals surface area contributed by atoms with E-state index < -0.39 is 0 Å². The summed E-state index contributed by atoms with van der Waals surface area (Å²) in [5.74, 6) is 1.77. The Morgan fingerprint density at radius 2 is 1.89 bits per heavy atom. The van der Waals surface area contributed by atoms with Gasteiger partial charge in [0.2, 0.25) is 11.9 Å². The number of benzene rings is 1. The highest BCUT2D eigenvalue weighted by atomic mass is 16.5. The smallest absolute Gasteiger partial charge is 0.289 e.